The molecule has 0 aromatic heterocycles. The van der Waals surface area contributed by atoms with Gasteiger partial charge in [0.25, 0.3) is 5.91 Å². The Bertz CT molecular complexity index is 276. The van der Waals surface area contributed by atoms with Crippen molar-refractivity contribution < 1.29 is 10.0 Å². The molecule has 0 radical (unpaired) electrons. The van der Waals surface area contributed by atoms with Gasteiger partial charge in [0.1, 0.15) is 5.50 Å². The van der Waals surface area contributed by atoms with Gasteiger partial charge in [-0.1, -0.05) is 16.9 Å². The summed E-state index contributed by atoms with van der Waals surface area (Å²) in [5.41, 5.74) is 5.56. The van der Waals surface area contributed by atoms with E-state index in [2.05, 4.69) is 15.8 Å². The number of hydrogen-bond acceptors (Lipinski definition) is 6. The van der Waals surface area contributed by atoms with Crippen LogP contribution >= 0.6 is 11.8 Å². The van der Waals surface area contributed by atoms with E-state index >= 15 is 0 Å². The molecule has 5 N–H and O–H groups in total. The van der Waals surface area contributed by atoms with E-state index in [1.807, 2.05) is 0 Å². The molecular weight excluding hydrogens is 192 g/mol. The van der Waals surface area contributed by atoms with Crippen molar-refractivity contribution in [3.05, 3.63) is 11.1 Å². The molecule has 1 unspecified atom stereocenters. The van der Waals surface area contributed by atoms with Crippen LogP contribution in [0.5, 0.6) is 0 Å². The summed E-state index contributed by atoms with van der Waals surface area (Å²) in [7, 11) is 1.45. The average Bonchev–Trinajstić information content (AvgIpc) is 2.53. The Morgan fingerprint density at radius 1 is 1.92 bits per heavy atom. The third kappa shape index (κ3) is 2.13. The summed E-state index contributed by atoms with van der Waals surface area (Å²) in [6, 6.07) is 0. The van der Waals surface area contributed by atoms with Crippen LogP contribution in [0, 0.1) is 0 Å². The van der Waals surface area contributed by atoms with Crippen LogP contribution in [0.15, 0.2) is 16.3 Å². The highest BCUT2D eigenvalue weighted by atomic mass is 32.2. The molecule has 1 atom stereocenters. The molecule has 13 heavy (non-hydrogen) atoms. The van der Waals surface area contributed by atoms with Crippen LogP contribution in [0.2, 0.25) is 0 Å². The topological polar surface area (TPSA) is 99.7 Å². The Morgan fingerprint density at radius 2 is 2.62 bits per heavy atom. The second-order valence-electron chi connectivity index (χ2n) is 2.26. The van der Waals surface area contributed by atoms with E-state index in [4.69, 9.17) is 10.9 Å². The number of carbonyl (C=O) groups is 1. The maximum absolute atomic E-state index is 11.1. The molecule has 0 saturated heterocycles. The van der Waals surface area contributed by atoms with E-state index in [9.17, 15) is 4.79 Å². The van der Waals surface area contributed by atoms with Crippen LogP contribution in [0.3, 0.4) is 0 Å². The van der Waals surface area contributed by atoms with Gasteiger partial charge in [0.05, 0.1) is 5.70 Å². The Hall–Kier alpha value is -1.21. The van der Waals surface area contributed by atoms with Crippen molar-refractivity contribution in [3.8, 4) is 0 Å². The molecule has 6 nitrogen and oxygen atoms in total. The molecule has 0 fully saturated rings. The van der Waals surface area contributed by atoms with Gasteiger partial charge in [-0.25, -0.2) is 0 Å². The standard InChI is InChI=1S/C6H10N4O2S/c1-8-5(11)4(10-12)3-2-13-6(7)9-3/h2,6,9,12H,7H2,1H3,(H,8,11)/b10-4-. The molecule has 1 rings (SSSR count). The first-order valence-corrected chi connectivity index (χ1v) is 4.45. The van der Waals surface area contributed by atoms with Gasteiger partial charge in [-0.2, -0.15) is 0 Å². The lowest BCUT2D eigenvalue weighted by atomic mass is 10.3. The zero-order valence-electron chi connectivity index (χ0n) is 6.94. The zero-order valence-corrected chi connectivity index (χ0v) is 7.76. The number of hydrogen-bond donors (Lipinski definition) is 4. The first kappa shape index (κ1) is 9.87. The lowest BCUT2D eigenvalue weighted by Gasteiger charge is -2.07. The van der Waals surface area contributed by atoms with Crippen LogP contribution in [-0.2, 0) is 4.79 Å². The third-order valence-electron chi connectivity index (χ3n) is 1.43. The van der Waals surface area contributed by atoms with Crippen LogP contribution in [0.25, 0.3) is 0 Å². The maximum atomic E-state index is 11.1. The second-order valence-corrected chi connectivity index (χ2v) is 3.28. The summed E-state index contributed by atoms with van der Waals surface area (Å²) < 4.78 is 0. The maximum Gasteiger partial charge on any atom is 0.275 e. The van der Waals surface area contributed by atoms with Gasteiger partial charge in [0.15, 0.2) is 5.71 Å². The molecule has 0 bridgehead atoms. The largest absolute Gasteiger partial charge is 0.410 e. The number of carbonyl (C=O) groups excluding carboxylic acids is 1. The van der Waals surface area contributed by atoms with Gasteiger partial charge in [-0.3, -0.25) is 4.79 Å². The Kier molecular flexibility index (Phi) is 3.15. The molecule has 1 aliphatic rings. The minimum Gasteiger partial charge on any atom is -0.410 e. The summed E-state index contributed by atoms with van der Waals surface area (Å²) in [5.74, 6) is -0.462. The van der Waals surface area contributed by atoms with Gasteiger partial charge >= 0.3 is 0 Å². The molecule has 7 heteroatoms. The van der Waals surface area contributed by atoms with Gasteiger partial charge in [-0.05, 0) is 0 Å². The summed E-state index contributed by atoms with van der Waals surface area (Å²) in [6.45, 7) is 0. The normalized spacial score (nSPS) is 22.2. The van der Waals surface area contributed by atoms with Crippen molar-refractivity contribution in [1.29, 1.82) is 0 Å². The molecular formula is C6H10N4O2S. The SMILES string of the molecule is CNC(=O)/C(=N\O)C1=CSC(N)N1. The molecule has 0 aromatic rings. The highest BCUT2D eigenvalue weighted by Gasteiger charge is 2.22. The molecule has 1 amide bonds. The van der Waals surface area contributed by atoms with Crippen LogP contribution in [0.1, 0.15) is 0 Å². The molecule has 1 heterocycles. The van der Waals surface area contributed by atoms with Crippen molar-refractivity contribution in [2.24, 2.45) is 10.9 Å². The van der Waals surface area contributed by atoms with E-state index in [0.29, 0.717) is 5.70 Å². The highest BCUT2D eigenvalue weighted by Crippen LogP contribution is 2.17. The van der Waals surface area contributed by atoms with Crippen LogP contribution in [-0.4, -0.2) is 29.4 Å². The quantitative estimate of drug-likeness (QED) is 0.261. The van der Waals surface area contributed by atoms with Gasteiger partial charge in [0, 0.05) is 12.5 Å². The Labute approximate surface area is 79.2 Å². The number of nitrogens with two attached hydrogens (primary N) is 1. The van der Waals surface area contributed by atoms with Crippen molar-refractivity contribution in [3.63, 3.8) is 0 Å². The van der Waals surface area contributed by atoms with Gasteiger partial charge in [0.2, 0.25) is 0 Å². The zero-order chi connectivity index (χ0) is 9.84. The number of thioether (sulfide) groups is 1. The third-order valence-corrected chi connectivity index (χ3v) is 2.21. The van der Waals surface area contributed by atoms with Gasteiger partial charge < -0.3 is 21.6 Å². The molecule has 1 aliphatic heterocycles. The predicted molar refractivity (Wildman–Crippen MR) is 50.1 cm³/mol. The predicted octanol–water partition coefficient (Wildman–Crippen LogP) is -1.02. The summed E-state index contributed by atoms with van der Waals surface area (Å²) >= 11 is 1.31. The lowest BCUT2D eigenvalue weighted by Crippen LogP contribution is -2.37. The Balaban J connectivity index is 2.75. The van der Waals surface area contributed by atoms with E-state index < -0.39 is 5.91 Å². The highest BCUT2D eigenvalue weighted by molar-refractivity contribution is 8.02. The van der Waals surface area contributed by atoms with Gasteiger partial charge in [-0.15, -0.1) is 0 Å². The summed E-state index contributed by atoms with van der Waals surface area (Å²) in [5, 5.41) is 18.2. The number of amides is 1. The van der Waals surface area contributed by atoms with Crippen molar-refractivity contribution in [2.45, 2.75) is 5.50 Å². The van der Waals surface area contributed by atoms with Crippen molar-refractivity contribution in [2.75, 3.05) is 7.05 Å². The van der Waals surface area contributed by atoms with Crippen molar-refractivity contribution >= 4 is 23.4 Å². The van der Waals surface area contributed by atoms with E-state index in [-0.39, 0.29) is 11.2 Å². The number of oxime groups is 1. The second kappa shape index (κ2) is 4.15. The molecule has 0 saturated carbocycles. The number of nitrogens with one attached hydrogen (secondary N) is 2. The van der Waals surface area contributed by atoms with E-state index in [1.165, 1.54) is 18.8 Å². The van der Waals surface area contributed by atoms with Crippen molar-refractivity contribution in [1.82, 2.24) is 10.6 Å². The smallest absolute Gasteiger partial charge is 0.275 e. The van der Waals surface area contributed by atoms with E-state index in [0.717, 1.165) is 0 Å². The molecule has 0 aliphatic carbocycles. The number of nitrogens with zero attached hydrogens (tertiary/aromatic N) is 1. The fraction of sp³-hybridized carbons (Fsp3) is 0.333. The molecule has 72 valence electrons. The first-order valence-electron chi connectivity index (χ1n) is 3.51. The first-order chi connectivity index (χ1) is 6.19. The summed E-state index contributed by atoms with van der Waals surface area (Å²) in [6.07, 6.45) is 0. The average molecular weight is 202 g/mol. The number of rotatable bonds is 2. The Morgan fingerprint density at radius 3 is 3.00 bits per heavy atom. The minimum absolute atomic E-state index is 0.0667. The van der Waals surface area contributed by atoms with Crippen LogP contribution in [0.4, 0.5) is 0 Å². The van der Waals surface area contributed by atoms with E-state index in [1.54, 1.807) is 5.41 Å². The van der Waals surface area contributed by atoms with Crippen LogP contribution < -0.4 is 16.4 Å². The monoisotopic (exact) mass is 202 g/mol. The molecule has 0 spiro atoms. The minimum atomic E-state index is -0.462. The lowest BCUT2D eigenvalue weighted by molar-refractivity contribution is -0.114. The summed E-state index contributed by atoms with van der Waals surface area (Å²) in [4.78, 5) is 11.1. The fourth-order valence-electron chi connectivity index (χ4n) is 0.827. The fourth-order valence-corrected chi connectivity index (χ4v) is 1.48. The molecule has 0 aromatic carbocycles.